The maximum absolute atomic E-state index is 5.91. The van der Waals surface area contributed by atoms with Crippen molar-refractivity contribution in [2.24, 2.45) is 5.84 Å². The van der Waals surface area contributed by atoms with E-state index in [4.69, 9.17) is 5.84 Å². The fourth-order valence-corrected chi connectivity index (χ4v) is 3.42. The van der Waals surface area contributed by atoms with Crippen molar-refractivity contribution in [2.75, 3.05) is 0 Å². The molecule has 0 saturated carbocycles. The summed E-state index contributed by atoms with van der Waals surface area (Å²) < 4.78 is 0. The summed E-state index contributed by atoms with van der Waals surface area (Å²) in [4.78, 5) is 0. The molecule has 0 saturated heterocycles. The summed E-state index contributed by atoms with van der Waals surface area (Å²) in [6.07, 6.45) is 8.59. The van der Waals surface area contributed by atoms with Crippen LogP contribution < -0.4 is 11.3 Å². The second-order valence-electron chi connectivity index (χ2n) is 5.80. The van der Waals surface area contributed by atoms with E-state index < -0.39 is 0 Å². The lowest BCUT2D eigenvalue weighted by atomic mass is 9.69. The Balaban J connectivity index is 2.86. The number of nitrogens with two attached hydrogens (primary N) is 1. The minimum absolute atomic E-state index is 0.155. The minimum atomic E-state index is 0.155. The molecule has 2 nitrogen and oxygen atoms in total. The first-order valence-electron chi connectivity index (χ1n) is 8.26. The first-order valence-corrected chi connectivity index (χ1v) is 8.26. The van der Waals surface area contributed by atoms with E-state index >= 15 is 0 Å². The van der Waals surface area contributed by atoms with Gasteiger partial charge in [0.2, 0.25) is 0 Å². The molecule has 1 aromatic carbocycles. The summed E-state index contributed by atoms with van der Waals surface area (Å²) in [5.74, 6) is 5.91. The number of hydrazine groups is 1. The lowest BCUT2D eigenvalue weighted by molar-refractivity contribution is 0.254. The Morgan fingerprint density at radius 2 is 1.65 bits per heavy atom. The maximum Gasteiger partial charge on any atom is 0.0307 e. The van der Waals surface area contributed by atoms with Crippen LogP contribution >= 0.6 is 0 Å². The van der Waals surface area contributed by atoms with Crippen molar-refractivity contribution in [1.29, 1.82) is 0 Å². The second kappa shape index (κ2) is 9.15. The van der Waals surface area contributed by atoms with Crippen LogP contribution in [0.5, 0.6) is 0 Å². The highest BCUT2D eigenvalue weighted by molar-refractivity contribution is 5.27. The molecule has 3 N–H and O–H groups in total. The molecule has 0 aliphatic heterocycles. The van der Waals surface area contributed by atoms with Crippen molar-refractivity contribution < 1.29 is 0 Å². The van der Waals surface area contributed by atoms with Crippen LogP contribution in [0.4, 0.5) is 0 Å². The van der Waals surface area contributed by atoms with Crippen LogP contribution in [0.25, 0.3) is 0 Å². The molecule has 1 aromatic rings. The first kappa shape index (κ1) is 17.2. The van der Waals surface area contributed by atoms with Gasteiger partial charge in [0.15, 0.2) is 0 Å². The number of hydrogen-bond donors (Lipinski definition) is 2. The summed E-state index contributed by atoms with van der Waals surface area (Å²) in [7, 11) is 0. The summed E-state index contributed by atoms with van der Waals surface area (Å²) in [5, 5.41) is 0. The number of nitrogens with one attached hydrogen (secondary N) is 1. The van der Waals surface area contributed by atoms with Gasteiger partial charge in [-0.15, -0.1) is 0 Å². The van der Waals surface area contributed by atoms with Crippen LogP contribution in [0.2, 0.25) is 0 Å². The molecule has 0 heterocycles. The molecule has 114 valence electrons. The van der Waals surface area contributed by atoms with Gasteiger partial charge in [-0.05, 0) is 24.8 Å². The zero-order valence-electron chi connectivity index (χ0n) is 13.5. The van der Waals surface area contributed by atoms with E-state index in [1.54, 1.807) is 0 Å². The molecule has 0 aromatic heterocycles. The summed E-state index contributed by atoms with van der Waals surface area (Å²) in [6, 6.07) is 11.2. The first-order chi connectivity index (χ1) is 9.75. The predicted molar refractivity (Wildman–Crippen MR) is 88.6 cm³/mol. The number of rotatable bonds is 10. The number of hydrogen-bond acceptors (Lipinski definition) is 2. The molecule has 0 aliphatic rings. The molecule has 0 fully saturated rings. The van der Waals surface area contributed by atoms with Crippen LogP contribution in [0.1, 0.15) is 71.3 Å². The lowest BCUT2D eigenvalue weighted by Gasteiger charge is -2.40. The Bertz CT molecular complexity index is 344. The zero-order chi connectivity index (χ0) is 14.8. The van der Waals surface area contributed by atoms with Crippen LogP contribution in [0.15, 0.2) is 30.3 Å². The van der Waals surface area contributed by atoms with Gasteiger partial charge in [0.1, 0.15) is 0 Å². The van der Waals surface area contributed by atoms with Crippen LogP contribution in [0.3, 0.4) is 0 Å². The third-order valence-corrected chi connectivity index (χ3v) is 4.83. The normalized spacial score (nSPS) is 13.4. The molecule has 20 heavy (non-hydrogen) atoms. The summed E-state index contributed by atoms with van der Waals surface area (Å²) in [5.41, 5.74) is 4.70. The Morgan fingerprint density at radius 1 is 1.00 bits per heavy atom. The van der Waals surface area contributed by atoms with E-state index in [1.165, 1.54) is 31.2 Å². The van der Waals surface area contributed by atoms with Gasteiger partial charge < -0.3 is 0 Å². The van der Waals surface area contributed by atoms with Crippen molar-refractivity contribution in [2.45, 2.75) is 77.2 Å². The Labute approximate surface area is 125 Å². The summed E-state index contributed by atoms with van der Waals surface area (Å²) >= 11 is 0. The molecule has 0 bridgehead atoms. The average Bonchev–Trinajstić information content (AvgIpc) is 2.52. The van der Waals surface area contributed by atoms with Crippen molar-refractivity contribution >= 4 is 0 Å². The van der Waals surface area contributed by atoms with Gasteiger partial charge in [0.25, 0.3) is 0 Å². The van der Waals surface area contributed by atoms with E-state index in [2.05, 4.69) is 56.5 Å². The molecule has 1 atom stereocenters. The van der Waals surface area contributed by atoms with Gasteiger partial charge in [0.05, 0.1) is 0 Å². The Hall–Kier alpha value is -0.860. The van der Waals surface area contributed by atoms with Gasteiger partial charge in [-0.2, -0.15) is 0 Å². The highest BCUT2D eigenvalue weighted by Gasteiger charge is 2.36. The van der Waals surface area contributed by atoms with Gasteiger partial charge >= 0.3 is 0 Å². The van der Waals surface area contributed by atoms with Gasteiger partial charge in [-0.1, -0.05) is 76.8 Å². The van der Waals surface area contributed by atoms with Gasteiger partial charge in [-0.3, -0.25) is 11.3 Å². The van der Waals surface area contributed by atoms with E-state index in [0.29, 0.717) is 6.04 Å². The largest absolute Gasteiger partial charge is 0.271 e. The van der Waals surface area contributed by atoms with E-state index in [1.807, 2.05) is 0 Å². The molecule has 0 spiro atoms. The molecule has 0 aliphatic carbocycles. The van der Waals surface area contributed by atoms with E-state index in [9.17, 15) is 0 Å². The van der Waals surface area contributed by atoms with Gasteiger partial charge in [0, 0.05) is 11.5 Å². The zero-order valence-corrected chi connectivity index (χ0v) is 13.5. The smallest absolute Gasteiger partial charge is 0.0307 e. The molecular formula is C18H32N2. The fraction of sp³-hybridized carbons (Fsp3) is 0.667. The monoisotopic (exact) mass is 276 g/mol. The van der Waals surface area contributed by atoms with Crippen LogP contribution in [-0.2, 0) is 5.41 Å². The minimum Gasteiger partial charge on any atom is -0.271 e. The Kier molecular flexibility index (Phi) is 7.86. The van der Waals surface area contributed by atoms with E-state index in [-0.39, 0.29) is 5.41 Å². The number of benzene rings is 1. The highest BCUT2D eigenvalue weighted by atomic mass is 15.2. The standard InChI is InChI=1S/C18H32N2/c1-4-7-8-12-15-17(20-19)18(5-2,6-3)16-13-10-9-11-14-16/h9-11,13-14,17,20H,4-8,12,15,19H2,1-3H3. The third kappa shape index (κ3) is 4.07. The second-order valence-corrected chi connectivity index (χ2v) is 5.80. The molecular weight excluding hydrogens is 244 g/mol. The topological polar surface area (TPSA) is 38.0 Å². The quantitative estimate of drug-likeness (QED) is 0.374. The third-order valence-electron chi connectivity index (χ3n) is 4.83. The van der Waals surface area contributed by atoms with Crippen molar-refractivity contribution in [1.82, 2.24) is 5.43 Å². The lowest BCUT2D eigenvalue weighted by Crippen LogP contribution is -2.50. The van der Waals surface area contributed by atoms with Crippen molar-refractivity contribution in [3.63, 3.8) is 0 Å². The van der Waals surface area contributed by atoms with Crippen molar-refractivity contribution in [3.8, 4) is 0 Å². The molecule has 0 amide bonds. The average molecular weight is 276 g/mol. The molecule has 0 radical (unpaired) electrons. The van der Waals surface area contributed by atoms with Crippen LogP contribution in [0, 0.1) is 0 Å². The molecule has 1 rings (SSSR count). The SMILES string of the molecule is CCCCCCC(NN)C(CC)(CC)c1ccccc1. The van der Waals surface area contributed by atoms with Crippen molar-refractivity contribution in [3.05, 3.63) is 35.9 Å². The van der Waals surface area contributed by atoms with Crippen LogP contribution in [-0.4, -0.2) is 6.04 Å². The summed E-state index contributed by atoms with van der Waals surface area (Å²) in [6.45, 7) is 6.82. The fourth-order valence-electron chi connectivity index (χ4n) is 3.42. The predicted octanol–water partition coefficient (Wildman–Crippen LogP) is 4.55. The maximum atomic E-state index is 5.91. The number of unbranched alkanes of at least 4 members (excludes halogenated alkanes) is 3. The van der Waals surface area contributed by atoms with E-state index in [0.717, 1.165) is 19.3 Å². The molecule has 1 unspecified atom stereocenters. The molecule has 2 heteroatoms. The highest BCUT2D eigenvalue weighted by Crippen LogP contribution is 2.37. The van der Waals surface area contributed by atoms with Gasteiger partial charge in [-0.25, -0.2) is 0 Å². The Morgan fingerprint density at radius 3 is 2.15 bits per heavy atom.